The van der Waals surface area contributed by atoms with Crippen LogP contribution >= 0.6 is 0 Å². The molecule has 0 aliphatic heterocycles. The van der Waals surface area contributed by atoms with E-state index in [4.69, 9.17) is 0 Å². The van der Waals surface area contributed by atoms with Crippen LogP contribution < -0.4 is 0 Å². The normalized spacial score (nSPS) is 0. The summed E-state index contributed by atoms with van der Waals surface area (Å²) in [4.78, 5) is 0. The summed E-state index contributed by atoms with van der Waals surface area (Å²) in [7, 11) is 0. The van der Waals surface area contributed by atoms with Gasteiger partial charge in [-0.15, -0.1) is 0 Å². The van der Waals surface area contributed by atoms with Gasteiger partial charge in [-0.05, 0) is 0 Å². The van der Waals surface area contributed by atoms with Crippen molar-refractivity contribution in [1.29, 1.82) is 0 Å². The maximum atomic E-state index is 0. The van der Waals surface area contributed by atoms with Gasteiger partial charge in [0, 0.05) is 34.1 Å². The predicted octanol–water partition coefficient (Wildman–Crippen LogP) is -3.94. The van der Waals surface area contributed by atoms with Crippen LogP contribution in [0.4, 0.5) is 0 Å². The van der Waals surface area contributed by atoms with E-state index < -0.39 is 0 Å². The largest absolute Gasteiger partial charge is 0 e. The first-order chi connectivity index (χ1) is 0. The van der Waals surface area contributed by atoms with Crippen molar-refractivity contribution in [3.8, 4) is 0 Å². The third kappa shape index (κ3) is 22.6. The Labute approximate surface area is 170 Å². The van der Waals surface area contributed by atoms with E-state index in [0.717, 1.165) is 0 Å². The molecule has 0 aliphatic carbocycles. The van der Waals surface area contributed by atoms with E-state index in [1.807, 2.05) is 0 Å². The van der Waals surface area contributed by atoms with Crippen LogP contribution in [0.15, 0.2) is 0 Å². The van der Waals surface area contributed by atoms with Crippen molar-refractivity contribution in [1.82, 2.24) is 0 Å². The van der Waals surface area contributed by atoms with E-state index >= 15 is 0 Å². The summed E-state index contributed by atoms with van der Waals surface area (Å²) >= 11 is 0. The molecule has 0 saturated carbocycles. The van der Waals surface area contributed by atoms with Gasteiger partial charge in [0.1, 0.15) is 0 Å². The van der Waals surface area contributed by atoms with E-state index in [-0.39, 0.29) is 176 Å². The third-order valence-corrected chi connectivity index (χ3v) is 0. The minimum absolute atomic E-state index is 0. The molecular weight excluding hydrogens is 355 g/mol. The van der Waals surface area contributed by atoms with Crippen molar-refractivity contribution < 1.29 is 34.1 Å². The second kappa shape index (κ2) is 31.0. The molecule has 0 nitrogen and oxygen atoms in total. The van der Waals surface area contributed by atoms with Crippen LogP contribution in [0, 0.1) is 0 Å². The summed E-state index contributed by atoms with van der Waals surface area (Å²) in [5, 5.41) is 0. The second-order valence-electron chi connectivity index (χ2n) is 0. The fourth-order valence-electron chi connectivity index (χ4n) is 0. The van der Waals surface area contributed by atoms with Crippen LogP contribution in [0.2, 0.25) is 0 Å². The quantitative estimate of drug-likeness (QED) is 0.385. The molecule has 0 saturated heterocycles. The van der Waals surface area contributed by atoms with Gasteiger partial charge in [-0.3, -0.25) is 0 Å². The van der Waals surface area contributed by atoms with E-state index in [0.29, 0.717) is 0 Å². The third-order valence-electron chi connectivity index (χ3n) is 0. The maximum absolute atomic E-state index is 0. The molecule has 0 spiro atoms. The first kappa shape index (κ1) is 41.4. The van der Waals surface area contributed by atoms with Crippen molar-refractivity contribution in [2.75, 3.05) is 0 Å². The zero-order valence-corrected chi connectivity index (χ0v) is 3.02. The standard InChI is InChI=1S/Al.Ba.2Ca.Fe.Mn.9H. The molecule has 0 amide bonds. The fourth-order valence-corrected chi connectivity index (χ4v) is 0. The van der Waals surface area contributed by atoms with Gasteiger partial charge in [-0.2, -0.15) is 0 Å². The molecular formula is H9AlBaCa2FeMn. The molecule has 0 N–H and O–H groups in total. The molecule has 0 rings (SSSR count). The van der Waals surface area contributed by atoms with E-state index in [1.165, 1.54) is 0 Å². The molecule has 0 aliphatic rings. The Balaban J connectivity index is 0. The van der Waals surface area contributed by atoms with Gasteiger partial charge in [-0.25, -0.2) is 0 Å². The molecule has 0 aromatic rings. The van der Waals surface area contributed by atoms with Gasteiger partial charge >= 0.3 is 124 Å². The zero-order chi connectivity index (χ0) is 0. The molecule has 33 valence electrons. The van der Waals surface area contributed by atoms with Crippen molar-refractivity contribution in [3.05, 3.63) is 0 Å². The van der Waals surface area contributed by atoms with Gasteiger partial charge < -0.3 is 0 Å². The Morgan fingerprint density at radius 2 is 0.833 bits per heavy atom. The Bertz CT molecular complexity index is 13.5. The monoisotopic (exact) mass is 365 g/mol. The first-order valence-corrected chi connectivity index (χ1v) is 0. The second-order valence-corrected chi connectivity index (χ2v) is 0. The van der Waals surface area contributed by atoms with E-state index in [1.54, 1.807) is 0 Å². The van der Waals surface area contributed by atoms with Crippen molar-refractivity contribution >= 4 is 142 Å². The van der Waals surface area contributed by atoms with E-state index in [2.05, 4.69) is 0 Å². The summed E-state index contributed by atoms with van der Waals surface area (Å²) in [6.07, 6.45) is 0. The molecule has 0 fully saturated rings. The summed E-state index contributed by atoms with van der Waals surface area (Å²) in [5.74, 6) is 0. The van der Waals surface area contributed by atoms with Gasteiger partial charge in [0.25, 0.3) is 0 Å². The molecule has 0 aromatic carbocycles. The minimum Gasteiger partial charge on any atom is 0 e. The summed E-state index contributed by atoms with van der Waals surface area (Å²) in [6.45, 7) is 0. The summed E-state index contributed by atoms with van der Waals surface area (Å²) in [5.41, 5.74) is 0. The minimum atomic E-state index is 0. The maximum Gasteiger partial charge on any atom is 0 e. The molecule has 0 bridgehead atoms. The molecule has 0 unspecified atom stereocenters. The topological polar surface area (TPSA) is 0 Å². The van der Waals surface area contributed by atoms with Crippen LogP contribution in [0.3, 0.4) is 0 Å². The Morgan fingerprint density at radius 3 is 0.833 bits per heavy atom. The van der Waals surface area contributed by atoms with Gasteiger partial charge in [0.2, 0.25) is 0 Å². The average Bonchev–Trinajstić information content (AvgIpc) is 0. The van der Waals surface area contributed by atoms with Crippen LogP contribution in [-0.4, -0.2) is 142 Å². The fraction of sp³-hybridized carbons (Fsp3) is 0. The van der Waals surface area contributed by atoms with Crippen LogP contribution in [0.25, 0.3) is 0 Å². The summed E-state index contributed by atoms with van der Waals surface area (Å²) < 4.78 is 0. The molecule has 6 heavy (non-hydrogen) atoms. The first-order valence-electron chi connectivity index (χ1n) is 0. The zero-order valence-electron chi connectivity index (χ0n) is 0.732. The number of hydrogen-bond acceptors (Lipinski definition) is 0. The molecule has 0 heterocycles. The molecule has 6 heteroatoms. The van der Waals surface area contributed by atoms with Crippen molar-refractivity contribution in [2.24, 2.45) is 0 Å². The molecule has 0 aromatic heterocycles. The van der Waals surface area contributed by atoms with Gasteiger partial charge in [0.05, 0.1) is 0 Å². The number of rotatable bonds is 0. The Kier molecular flexibility index (Phi) is 214. The average molecular weight is 364 g/mol. The molecule has 0 atom stereocenters. The van der Waals surface area contributed by atoms with Gasteiger partial charge in [0.15, 0.2) is 17.4 Å². The number of hydrogen-bond donors (Lipinski definition) is 0. The van der Waals surface area contributed by atoms with Crippen LogP contribution in [0.5, 0.6) is 0 Å². The van der Waals surface area contributed by atoms with Gasteiger partial charge in [-0.1, -0.05) is 0 Å². The summed E-state index contributed by atoms with van der Waals surface area (Å²) in [6, 6.07) is 0. The van der Waals surface area contributed by atoms with Crippen LogP contribution in [0.1, 0.15) is 0 Å². The van der Waals surface area contributed by atoms with Crippen LogP contribution in [-0.2, 0) is 34.1 Å². The predicted molar refractivity (Wildman–Crippen MR) is 35.6 cm³/mol. The van der Waals surface area contributed by atoms with Crippen molar-refractivity contribution in [3.63, 3.8) is 0 Å². The SMILES string of the molecule is [AlH3].[BaH2].[CaH2].[CaH2].[Fe].[Mn]. The Morgan fingerprint density at radius 1 is 0.833 bits per heavy atom. The smallest absolute Gasteiger partial charge is 0 e. The van der Waals surface area contributed by atoms with E-state index in [9.17, 15) is 0 Å². The molecule has 1 radical (unpaired) electrons. The van der Waals surface area contributed by atoms with Crippen molar-refractivity contribution in [2.45, 2.75) is 0 Å². The Hall–Kier alpha value is 5.66.